The molecular weight excluding hydrogens is 353 g/mol. The first kappa shape index (κ1) is 14.5. The molecular formula is C12H11BrFNO2S2. The molecule has 0 radical (unpaired) electrons. The highest BCUT2D eigenvalue weighted by Crippen LogP contribution is 2.31. The fourth-order valence-electron chi connectivity index (χ4n) is 1.67. The number of hydrogen-bond donors (Lipinski definition) is 0. The van der Waals surface area contributed by atoms with Gasteiger partial charge in [0.1, 0.15) is 10.0 Å². The van der Waals surface area contributed by atoms with E-state index in [0.717, 1.165) is 19.4 Å². The zero-order chi connectivity index (χ0) is 14.0. The quantitative estimate of drug-likeness (QED) is 0.826. The maximum absolute atomic E-state index is 13.8. The van der Waals surface area contributed by atoms with Crippen LogP contribution in [-0.4, -0.2) is 15.0 Å². The van der Waals surface area contributed by atoms with E-state index >= 15 is 0 Å². The van der Waals surface area contributed by atoms with Gasteiger partial charge in [-0.15, -0.1) is 11.3 Å². The Morgan fingerprint density at radius 1 is 1.26 bits per heavy atom. The van der Waals surface area contributed by atoms with Gasteiger partial charge in [-0.2, -0.15) is 0 Å². The minimum Gasteiger partial charge on any atom is -0.263 e. The molecule has 0 saturated carbocycles. The van der Waals surface area contributed by atoms with E-state index in [0.29, 0.717) is 0 Å². The van der Waals surface area contributed by atoms with Crippen molar-refractivity contribution < 1.29 is 12.8 Å². The summed E-state index contributed by atoms with van der Waals surface area (Å²) in [6, 6.07) is 9.01. The van der Waals surface area contributed by atoms with Gasteiger partial charge < -0.3 is 0 Å². The van der Waals surface area contributed by atoms with Crippen LogP contribution in [0.15, 0.2) is 44.4 Å². The number of nitrogens with zero attached hydrogens (tertiary/aromatic N) is 1. The second kappa shape index (κ2) is 5.60. The lowest BCUT2D eigenvalue weighted by molar-refractivity contribution is 0.588. The first-order valence-corrected chi connectivity index (χ1v) is 8.54. The van der Waals surface area contributed by atoms with Crippen molar-refractivity contribution in [3.8, 4) is 0 Å². The maximum Gasteiger partial charge on any atom is 0.273 e. The molecule has 1 aromatic heterocycles. The van der Waals surface area contributed by atoms with E-state index in [-0.39, 0.29) is 16.4 Å². The largest absolute Gasteiger partial charge is 0.273 e. The molecule has 0 aliphatic rings. The first-order chi connectivity index (χ1) is 8.96. The van der Waals surface area contributed by atoms with Crippen LogP contribution in [0.5, 0.6) is 0 Å². The number of para-hydroxylation sites is 1. The summed E-state index contributed by atoms with van der Waals surface area (Å²) >= 11 is 4.33. The van der Waals surface area contributed by atoms with Gasteiger partial charge in [0.15, 0.2) is 0 Å². The average Bonchev–Trinajstić information content (AvgIpc) is 2.80. The molecule has 3 nitrogen and oxygen atoms in total. The maximum atomic E-state index is 13.8. The molecule has 0 unspecified atom stereocenters. The zero-order valence-electron chi connectivity index (χ0n) is 10.0. The monoisotopic (exact) mass is 363 g/mol. The van der Waals surface area contributed by atoms with Gasteiger partial charge in [-0.1, -0.05) is 12.1 Å². The lowest BCUT2D eigenvalue weighted by Crippen LogP contribution is -2.30. The number of hydrogen-bond acceptors (Lipinski definition) is 3. The molecule has 19 heavy (non-hydrogen) atoms. The van der Waals surface area contributed by atoms with Crippen molar-refractivity contribution in [2.75, 3.05) is 10.8 Å². The van der Waals surface area contributed by atoms with Crippen LogP contribution in [0, 0.1) is 5.82 Å². The molecule has 0 N–H and O–H groups in total. The molecule has 0 fully saturated rings. The van der Waals surface area contributed by atoms with Gasteiger partial charge in [0.25, 0.3) is 10.0 Å². The Labute approximate surface area is 123 Å². The van der Waals surface area contributed by atoms with Gasteiger partial charge in [-0.25, -0.2) is 12.8 Å². The van der Waals surface area contributed by atoms with Crippen LogP contribution in [0.2, 0.25) is 0 Å². The molecule has 1 aromatic carbocycles. The smallest absolute Gasteiger partial charge is 0.263 e. The molecule has 7 heteroatoms. The van der Waals surface area contributed by atoms with Crippen LogP contribution in [0.25, 0.3) is 0 Å². The third kappa shape index (κ3) is 2.82. The molecule has 0 aliphatic heterocycles. The topological polar surface area (TPSA) is 37.4 Å². The minimum atomic E-state index is -3.72. The molecule has 0 atom stereocenters. The fraction of sp³-hybridized carbons (Fsp3) is 0.167. The summed E-state index contributed by atoms with van der Waals surface area (Å²) in [5, 5.41) is 0. The Morgan fingerprint density at radius 2 is 1.95 bits per heavy atom. The van der Waals surface area contributed by atoms with Crippen LogP contribution in [-0.2, 0) is 10.0 Å². The Morgan fingerprint density at radius 3 is 2.47 bits per heavy atom. The third-order valence-electron chi connectivity index (χ3n) is 2.50. The molecule has 0 aliphatic carbocycles. The fourth-order valence-corrected chi connectivity index (χ4v) is 5.27. The molecule has 0 saturated heterocycles. The number of halogens is 2. The van der Waals surface area contributed by atoms with Crippen molar-refractivity contribution in [1.82, 2.24) is 0 Å². The summed E-state index contributed by atoms with van der Waals surface area (Å²) in [4.78, 5) is 0. The van der Waals surface area contributed by atoms with Crippen molar-refractivity contribution >= 4 is 43.0 Å². The van der Waals surface area contributed by atoms with Crippen LogP contribution < -0.4 is 4.31 Å². The Kier molecular flexibility index (Phi) is 4.27. The van der Waals surface area contributed by atoms with Crippen molar-refractivity contribution in [1.29, 1.82) is 0 Å². The second-order valence-electron chi connectivity index (χ2n) is 3.68. The summed E-state index contributed by atoms with van der Waals surface area (Å²) in [5.74, 6) is -0.552. The van der Waals surface area contributed by atoms with Crippen LogP contribution >= 0.6 is 27.3 Å². The van der Waals surface area contributed by atoms with E-state index in [1.54, 1.807) is 19.1 Å². The van der Waals surface area contributed by atoms with E-state index in [1.165, 1.54) is 24.3 Å². The van der Waals surface area contributed by atoms with Gasteiger partial charge in [-0.05, 0) is 47.1 Å². The van der Waals surface area contributed by atoms with Crippen LogP contribution in [0.1, 0.15) is 6.92 Å². The summed E-state index contributed by atoms with van der Waals surface area (Å²) in [7, 11) is -3.72. The molecule has 0 amide bonds. The number of thiophene rings is 1. The Hall–Kier alpha value is -0.920. The van der Waals surface area contributed by atoms with Gasteiger partial charge in [0.2, 0.25) is 0 Å². The number of anilines is 1. The SMILES string of the molecule is CCN(c1ccccc1F)S(=O)(=O)c1ccc(Br)s1. The van der Waals surface area contributed by atoms with Crippen molar-refractivity contribution in [3.63, 3.8) is 0 Å². The van der Waals surface area contributed by atoms with E-state index in [2.05, 4.69) is 15.9 Å². The molecule has 0 spiro atoms. The molecule has 102 valence electrons. The van der Waals surface area contributed by atoms with Crippen molar-refractivity contribution in [2.24, 2.45) is 0 Å². The standard InChI is InChI=1S/C12H11BrFNO2S2/c1-2-15(10-6-4-3-5-9(10)14)19(16,17)12-8-7-11(13)18-12/h3-8H,2H2,1H3. The van der Waals surface area contributed by atoms with Gasteiger partial charge in [0.05, 0.1) is 9.47 Å². The lowest BCUT2D eigenvalue weighted by atomic mass is 10.3. The summed E-state index contributed by atoms with van der Waals surface area (Å²) in [5.41, 5.74) is 0.0644. The predicted molar refractivity (Wildman–Crippen MR) is 78.6 cm³/mol. The minimum absolute atomic E-state index is 0.0644. The average molecular weight is 364 g/mol. The van der Waals surface area contributed by atoms with Gasteiger partial charge >= 0.3 is 0 Å². The number of sulfonamides is 1. The van der Waals surface area contributed by atoms with Crippen molar-refractivity contribution in [2.45, 2.75) is 11.1 Å². The summed E-state index contributed by atoms with van der Waals surface area (Å²) < 4.78 is 40.7. The van der Waals surface area contributed by atoms with E-state index < -0.39 is 15.8 Å². The number of rotatable bonds is 4. The first-order valence-electron chi connectivity index (χ1n) is 5.49. The second-order valence-corrected chi connectivity index (χ2v) is 8.23. The normalized spacial score (nSPS) is 11.5. The van der Waals surface area contributed by atoms with Gasteiger partial charge in [0, 0.05) is 6.54 Å². The predicted octanol–water partition coefficient (Wildman–Crippen LogP) is 3.86. The Bertz CT molecular complexity index is 685. The highest BCUT2D eigenvalue weighted by molar-refractivity contribution is 9.11. The van der Waals surface area contributed by atoms with Crippen molar-refractivity contribution in [3.05, 3.63) is 46.0 Å². The number of benzene rings is 1. The van der Waals surface area contributed by atoms with Gasteiger partial charge in [-0.3, -0.25) is 4.31 Å². The highest BCUT2D eigenvalue weighted by Gasteiger charge is 2.26. The lowest BCUT2D eigenvalue weighted by Gasteiger charge is -2.22. The Balaban J connectivity index is 2.51. The molecule has 2 aromatic rings. The van der Waals surface area contributed by atoms with E-state index in [9.17, 15) is 12.8 Å². The van der Waals surface area contributed by atoms with E-state index in [1.807, 2.05) is 0 Å². The molecule has 0 bridgehead atoms. The highest BCUT2D eigenvalue weighted by atomic mass is 79.9. The van der Waals surface area contributed by atoms with E-state index in [4.69, 9.17) is 0 Å². The third-order valence-corrected chi connectivity index (χ3v) is 6.48. The summed E-state index contributed by atoms with van der Waals surface area (Å²) in [6.07, 6.45) is 0. The molecule has 2 rings (SSSR count). The zero-order valence-corrected chi connectivity index (χ0v) is 13.2. The summed E-state index contributed by atoms with van der Waals surface area (Å²) in [6.45, 7) is 1.84. The van der Waals surface area contributed by atoms with Crippen LogP contribution in [0.3, 0.4) is 0 Å². The molecule has 1 heterocycles. The van der Waals surface area contributed by atoms with Crippen LogP contribution in [0.4, 0.5) is 10.1 Å².